The predicted molar refractivity (Wildman–Crippen MR) is 70.2 cm³/mol. The van der Waals surface area contributed by atoms with Gasteiger partial charge in [-0.25, -0.2) is 4.79 Å². The van der Waals surface area contributed by atoms with Crippen molar-refractivity contribution in [3.05, 3.63) is 0 Å². The van der Waals surface area contributed by atoms with Gasteiger partial charge in [0.15, 0.2) is 0 Å². The van der Waals surface area contributed by atoms with Gasteiger partial charge in [-0.05, 0) is 20.3 Å². The highest BCUT2D eigenvalue weighted by molar-refractivity contribution is 5.76. The highest BCUT2D eigenvalue weighted by Gasteiger charge is 2.23. The molecule has 0 bridgehead atoms. The predicted octanol–water partition coefficient (Wildman–Crippen LogP) is 0.592. The molecule has 0 radical (unpaired) electrons. The van der Waals surface area contributed by atoms with Crippen LogP contribution >= 0.6 is 0 Å². The third kappa shape index (κ3) is 11.5. The quantitative estimate of drug-likeness (QED) is 0.507. The Morgan fingerprint density at radius 2 is 1.89 bits per heavy atom. The Kier molecular flexibility index (Phi) is 8.90. The van der Waals surface area contributed by atoms with E-state index >= 15 is 0 Å². The van der Waals surface area contributed by atoms with E-state index in [1.54, 1.807) is 21.0 Å². The first-order valence-electron chi connectivity index (χ1n) is 6.22. The van der Waals surface area contributed by atoms with E-state index in [1.165, 1.54) is 0 Å². The summed E-state index contributed by atoms with van der Waals surface area (Å²) in [5, 5.41) is 13.9. The number of hydrogen-bond donors (Lipinski definition) is 3. The molecule has 0 unspecified atom stereocenters. The number of rotatable bonds is 10. The minimum Gasteiger partial charge on any atom is -0.481 e. The van der Waals surface area contributed by atoms with E-state index in [0.717, 1.165) is 0 Å². The summed E-state index contributed by atoms with van der Waals surface area (Å²) < 4.78 is 10.1. The first-order chi connectivity index (χ1) is 8.87. The second-order valence-corrected chi connectivity index (χ2v) is 4.79. The Labute approximate surface area is 113 Å². The lowest BCUT2D eigenvalue weighted by molar-refractivity contribution is -0.138. The minimum atomic E-state index is -0.947. The largest absolute Gasteiger partial charge is 0.481 e. The second-order valence-electron chi connectivity index (χ2n) is 4.79. The van der Waals surface area contributed by atoms with Crippen molar-refractivity contribution in [2.45, 2.75) is 32.2 Å². The van der Waals surface area contributed by atoms with Gasteiger partial charge in [0, 0.05) is 25.8 Å². The third-order valence-corrected chi connectivity index (χ3v) is 2.23. The van der Waals surface area contributed by atoms with Crippen molar-refractivity contribution in [2.75, 3.05) is 33.5 Å². The number of carboxylic acids is 1. The Bertz CT molecular complexity index is 281. The second kappa shape index (κ2) is 9.57. The number of nitrogens with one attached hydrogen (secondary N) is 2. The van der Waals surface area contributed by atoms with Crippen LogP contribution in [0.5, 0.6) is 0 Å². The van der Waals surface area contributed by atoms with Crippen LogP contribution in [0.3, 0.4) is 0 Å². The van der Waals surface area contributed by atoms with E-state index in [0.29, 0.717) is 32.8 Å². The van der Waals surface area contributed by atoms with Gasteiger partial charge in [0.2, 0.25) is 0 Å². The van der Waals surface area contributed by atoms with Gasteiger partial charge in [-0.2, -0.15) is 0 Å². The van der Waals surface area contributed by atoms with Gasteiger partial charge in [0.05, 0.1) is 19.6 Å². The number of aliphatic carboxylic acids is 1. The number of amides is 2. The molecule has 0 aromatic rings. The van der Waals surface area contributed by atoms with Crippen LogP contribution in [0, 0.1) is 0 Å². The fraction of sp³-hybridized carbons (Fsp3) is 0.833. The van der Waals surface area contributed by atoms with Crippen molar-refractivity contribution < 1.29 is 24.2 Å². The van der Waals surface area contributed by atoms with Gasteiger partial charge in [-0.15, -0.1) is 0 Å². The molecule has 19 heavy (non-hydrogen) atoms. The van der Waals surface area contributed by atoms with Crippen molar-refractivity contribution in [1.82, 2.24) is 10.6 Å². The first kappa shape index (κ1) is 17.7. The van der Waals surface area contributed by atoms with Crippen molar-refractivity contribution in [3.8, 4) is 0 Å². The molecule has 2 amide bonds. The normalized spacial score (nSPS) is 11.1. The molecule has 0 saturated heterocycles. The van der Waals surface area contributed by atoms with Gasteiger partial charge < -0.3 is 25.2 Å². The van der Waals surface area contributed by atoms with Crippen LogP contribution in [-0.4, -0.2) is 56.1 Å². The zero-order valence-corrected chi connectivity index (χ0v) is 11.8. The first-order valence-corrected chi connectivity index (χ1v) is 6.22. The summed E-state index contributed by atoms with van der Waals surface area (Å²) in [4.78, 5) is 22.1. The van der Waals surface area contributed by atoms with E-state index < -0.39 is 11.5 Å². The smallest absolute Gasteiger partial charge is 0.315 e. The summed E-state index contributed by atoms with van der Waals surface area (Å²) in [7, 11) is 1.61. The van der Waals surface area contributed by atoms with E-state index in [9.17, 15) is 9.59 Å². The molecular weight excluding hydrogens is 252 g/mol. The monoisotopic (exact) mass is 276 g/mol. The summed E-state index contributed by atoms with van der Waals surface area (Å²) in [6.07, 6.45) is 0.567. The maximum atomic E-state index is 11.5. The fourth-order valence-electron chi connectivity index (χ4n) is 1.39. The summed E-state index contributed by atoms with van der Waals surface area (Å²) in [5.74, 6) is -0.947. The molecule has 0 aromatic carbocycles. The zero-order valence-electron chi connectivity index (χ0n) is 11.8. The lowest BCUT2D eigenvalue weighted by atomic mass is 10.0. The minimum absolute atomic E-state index is 0.124. The molecule has 0 aromatic heterocycles. The molecule has 0 aliphatic rings. The number of urea groups is 1. The van der Waals surface area contributed by atoms with Crippen molar-refractivity contribution >= 4 is 12.0 Å². The van der Waals surface area contributed by atoms with Crippen LogP contribution in [-0.2, 0) is 14.3 Å². The van der Waals surface area contributed by atoms with Crippen LogP contribution in [0.1, 0.15) is 26.7 Å². The van der Waals surface area contributed by atoms with Gasteiger partial charge in [0.25, 0.3) is 0 Å². The standard InChI is InChI=1S/C12H24N2O5/c1-12(2,9-10(15)16)14-11(17)13-5-4-6-19-8-7-18-3/h4-9H2,1-3H3,(H,15,16)(H2,13,14,17). The van der Waals surface area contributed by atoms with E-state index in [2.05, 4.69) is 10.6 Å². The summed E-state index contributed by atoms with van der Waals surface area (Å²) in [6.45, 7) is 5.43. The third-order valence-electron chi connectivity index (χ3n) is 2.23. The van der Waals surface area contributed by atoms with Crippen LogP contribution in [0.25, 0.3) is 0 Å². The molecule has 0 aliphatic heterocycles. The molecule has 3 N–H and O–H groups in total. The topological polar surface area (TPSA) is 96.9 Å². The molecule has 0 rings (SSSR count). The van der Waals surface area contributed by atoms with E-state index in [1.807, 2.05) is 0 Å². The van der Waals surface area contributed by atoms with Gasteiger partial charge in [-0.3, -0.25) is 4.79 Å². The summed E-state index contributed by atoms with van der Waals surface area (Å²) >= 11 is 0. The molecule has 0 saturated carbocycles. The number of methoxy groups -OCH3 is 1. The van der Waals surface area contributed by atoms with Gasteiger partial charge in [0.1, 0.15) is 0 Å². The molecule has 7 heteroatoms. The summed E-state index contributed by atoms with van der Waals surface area (Å²) in [6, 6.07) is -0.372. The van der Waals surface area contributed by atoms with Crippen LogP contribution in [0.2, 0.25) is 0 Å². The fourth-order valence-corrected chi connectivity index (χ4v) is 1.39. The molecule has 0 heterocycles. The number of carboxylic acid groups (broad SMARTS) is 1. The Morgan fingerprint density at radius 3 is 2.47 bits per heavy atom. The maximum Gasteiger partial charge on any atom is 0.315 e. The van der Waals surface area contributed by atoms with E-state index in [4.69, 9.17) is 14.6 Å². The van der Waals surface area contributed by atoms with Crippen molar-refractivity contribution in [3.63, 3.8) is 0 Å². The van der Waals surface area contributed by atoms with Crippen molar-refractivity contribution in [2.24, 2.45) is 0 Å². The molecular formula is C12H24N2O5. The highest BCUT2D eigenvalue weighted by Crippen LogP contribution is 2.07. The average Bonchev–Trinajstić information content (AvgIpc) is 2.25. The number of hydrogen-bond acceptors (Lipinski definition) is 4. The lowest BCUT2D eigenvalue weighted by Crippen LogP contribution is -2.49. The molecule has 0 atom stereocenters. The van der Waals surface area contributed by atoms with Crippen LogP contribution in [0.4, 0.5) is 4.79 Å². The van der Waals surface area contributed by atoms with Crippen molar-refractivity contribution in [1.29, 1.82) is 0 Å². The number of carbonyl (C=O) groups is 2. The molecule has 0 aliphatic carbocycles. The zero-order chi connectivity index (χ0) is 14.7. The molecule has 0 fully saturated rings. The van der Waals surface area contributed by atoms with Crippen LogP contribution < -0.4 is 10.6 Å². The maximum absolute atomic E-state index is 11.5. The molecule has 112 valence electrons. The van der Waals surface area contributed by atoms with E-state index in [-0.39, 0.29) is 12.5 Å². The Balaban J connectivity index is 3.61. The van der Waals surface area contributed by atoms with Crippen LogP contribution in [0.15, 0.2) is 0 Å². The lowest BCUT2D eigenvalue weighted by Gasteiger charge is -2.24. The molecule has 0 spiro atoms. The van der Waals surface area contributed by atoms with Gasteiger partial charge in [-0.1, -0.05) is 0 Å². The van der Waals surface area contributed by atoms with Gasteiger partial charge >= 0.3 is 12.0 Å². The average molecular weight is 276 g/mol. The SMILES string of the molecule is COCCOCCCNC(=O)NC(C)(C)CC(=O)O. The number of ether oxygens (including phenoxy) is 2. The molecule has 7 nitrogen and oxygen atoms in total. The highest BCUT2D eigenvalue weighted by atomic mass is 16.5. The summed E-state index contributed by atoms with van der Waals surface area (Å²) in [5.41, 5.74) is -0.773. The Morgan fingerprint density at radius 1 is 1.21 bits per heavy atom. The number of carbonyl (C=O) groups excluding carboxylic acids is 1. The Hall–Kier alpha value is -1.34.